The zero-order valence-corrected chi connectivity index (χ0v) is 14.0. The molecule has 0 bridgehead atoms. The molecule has 2 aromatic carbocycles. The summed E-state index contributed by atoms with van der Waals surface area (Å²) in [7, 11) is 0. The first-order valence-electron chi connectivity index (χ1n) is 6.52. The average molecular weight is 407 g/mol. The lowest BCUT2D eigenvalue weighted by atomic mass is 10.2. The maximum Gasteiger partial charge on any atom is 0.329 e. The Balaban J connectivity index is 1.94. The van der Waals surface area contributed by atoms with E-state index in [1.54, 1.807) is 12.1 Å². The van der Waals surface area contributed by atoms with Crippen LogP contribution in [0.5, 0.6) is 0 Å². The number of nitrogens with one attached hydrogen (secondary N) is 2. The molecule has 0 heterocycles. The Morgan fingerprint density at radius 3 is 2.45 bits per heavy atom. The van der Waals surface area contributed by atoms with Gasteiger partial charge >= 0.3 is 11.8 Å². The Labute approximate surface area is 141 Å². The zero-order chi connectivity index (χ0) is 15.9. The van der Waals surface area contributed by atoms with Crippen molar-refractivity contribution >= 4 is 46.3 Å². The largest absolute Gasteiger partial charge is 0.329 e. The molecule has 2 N–H and O–H groups in total. The molecule has 0 fully saturated rings. The fourth-order valence-corrected chi connectivity index (χ4v) is 2.21. The van der Waals surface area contributed by atoms with Crippen molar-refractivity contribution in [3.63, 3.8) is 0 Å². The molecule has 0 radical (unpaired) electrons. The summed E-state index contributed by atoms with van der Waals surface area (Å²) < 4.78 is 1.00. The minimum atomic E-state index is -0.814. The molecule has 2 rings (SSSR count). The predicted octanol–water partition coefficient (Wildman–Crippen LogP) is 2.69. The first-order valence-corrected chi connectivity index (χ1v) is 7.60. The Kier molecular flexibility index (Phi) is 5.65. The number of benzene rings is 2. The van der Waals surface area contributed by atoms with E-state index in [2.05, 4.69) is 38.4 Å². The zero-order valence-electron chi connectivity index (χ0n) is 11.8. The van der Waals surface area contributed by atoms with Gasteiger partial charge in [-0.1, -0.05) is 36.4 Å². The normalized spacial score (nSPS) is 10.5. The monoisotopic (exact) mass is 407 g/mol. The fourth-order valence-electron chi connectivity index (χ4n) is 1.68. The molecule has 0 saturated heterocycles. The number of hydrogen-bond donors (Lipinski definition) is 2. The summed E-state index contributed by atoms with van der Waals surface area (Å²) in [6, 6.07) is 14.8. The van der Waals surface area contributed by atoms with Gasteiger partial charge in [-0.05, 0) is 47.2 Å². The van der Waals surface area contributed by atoms with Crippen molar-refractivity contribution in [2.24, 2.45) is 5.10 Å². The van der Waals surface area contributed by atoms with Gasteiger partial charge in [-0.15, -0.1) is 0 Å². The van der Waals surface area contributed by atoms with Crippen LogP contribution < -0.4 is 10.7 Å². The smallest absolute Gasteiger partial charge is 0.317 e. The molecule has 112 valence electrons. The van der Waals surface area contributed by atoms with E-state index in [0.717, 1.165) is 14.7 Å². The van der Waals surface area contributed by atoms with E-state index in [9.17, 15) is 9.59 Å². The summed E-state index contributed by atoms with van der Waals surface area (Å²) >= 11 is 2.17. The topological polar surface area (TPSA) is 70.6 Å². The fraction of sp³-hybridized carbons (Fsp3) is 0.0625. The van der Waals surface area contributed by atoms with Crippen molar-refractivity contribution in [3.05, 3.63) is 63.2 Å². The van der Waals surface area contributed by atoms with E-state index in [1.807, 2.05) is 43.3 Å². The van der Waals surface area contributed by atoms with Crippen LogP contribution in [0.2, 0.25) is 0 Å². The molecule has 2 aromatic rings. The number of rotatable bonds is 3. The van der Waals surface area contributed by atoms with E-state index in [4.69, 9.17) is 0 Å². The van der Waals surface area contributed by atoms with Crippen LogP contribution in [-0.4, -0.2) is 18.0 Å². The summed E-state index contributed by atoms with van der Waals surface area (Å²) in [6.45, 7) is 1.85. The van der Waals surface area contributed by atoms with Gasteiger partial charge in [0.15, 0.2) is 0 Å². The first kappa shape index (κ1) is 16.2. The summed E-state index contributed by atoms with van der Waals surface area (Å²) in [5, 5.41) is 6.34. The van der Waals surface area contributed by atoms with E-state index < -0.39 is 11.8 Å². The molecule has 0 aliphatic carbocycles. The highest BCUT2D eigenvalue weighted by Crippen LogP contribution is 2.12. The number of hydrogen-bond acceptors (Lipinski definition) is 3. The Morgan fingerprint density at radius 1 is 1.05 bits per heavy atom. The molecule has 0 unspecified atom stereocenters. The van der Waals surface area contributed by atoms with Crippen LogP contribution >= 0.6 is 22.6 Å². The quantitative estimate of drug-likeness (QED) is 0.356. The molecular weight excluding hydrogens is 393 g/mol. The van der Waals surface area contributed by atoms with Gasteiger partial charge in [-0.2, -0.15) is 5.10 Å². The lowest BCUT2D eigenvalue weighted by Crippen LogP contribution is -2.32. The van der Waals surface area contributed by atoms with Crippen LogP contribution in [0.4, 0.5) is 5.69 Å². The second-order valence-corrected chi connectivity index (χ2v) is 5.65. The van der Waals surface area contributed by atoms with Gasteiger partial charge in [0.25, 0.3) is 0 Å². The van der Waals surface area contributed by atoms with Gasteiger partial charge < -0.3 is 5.32 Å². The third-order valence-corrected chi connectivity index (χ3v) is 3.86. The van der Waals surface area contributed by atoms with Crippen LogP contribution in [0.3, 0.4) is 0 Å². The van der Waals surface area contributed by atoms with E-state index in [1.165, 1.54) is 6.21 Å². The molecule has 0 saturated carbocycles. The third kappa shape index (κ3) is 4.39. The molecular formula is C16H14IN3O2. The number of anilines is 1. The van der Waals surface area contributed by atoms with Crippen molar-refractivity contribution in [1.29, 1.82) is 0 Å². The second kappa shape index (κ2) is 7.69. The molecule has 0 aromatic heterocycles. The molecule has 2 amide bonds. The molecule has 5 nitrogen and oxygen atoms in total. The van der Waals surface area contributed by atoms with Gasteiger partial charge in [0.2, 0.25) is 0 Å². The van der Waals surface area contributed by atoms with Crippen molar-refractivity contribution in [2.45, 2.75) is 6.92 Å². The van der Waals surface area contributed by atoms with Gasteiger partial charge in [0.1, 0.15) is 0 Å². The van der Waals surface area contributed by atoms with Gasteiger partial charge in [0.05, 0.1) is 6.21 Å². The highest BCUT2D eigenvalue weighted by atomic mass is 127. The van der Waals surface area contributed by atoms with Crippen molar-refractivity contribution in [1.82, 2.24) is 5.43 Å². The number of hydrazone groups is 1. The molecule has 0 aliphatic rings. The Hall–Kier alpha value is -2.22. The van der Waals surface area contributed by atoms with Crippen LogP contribution in [0.25, 0.3) is 0 Å². The third-order valence-electron chi connectivity index (χ3n) is 2.87. The maximum atomic E-state index is 11.8. The first-order chi connectivity index (χ1) is 10.6. The van der Waals surface area contributed by atoms with Gasteiger partial charge in [0, 0.05) is 14.8 Å². The molecule has 0 aliphatic heterocycles. The summed E-state index contributed by atoms with van der Waals surface area (Å²) in [5.74, 6) is -1.57. The average Bonchev–Trinajstić information content (AvgIpc) is 2.51. The molecule has 0 atom stereocenters. The number of halogens is 1. The highest BCUT2D eigenvalue weighted by Gasteiger charge is 2.13. The summed E-state index contributed by atoms with van der Waals surface area (Å²) in [6.07, 6.45) is 1.50. The van der Waals surface area contributed by atoms with Crippen LogP contribution in [0.1, 0.15) is 11.1 Å². The minimum absolute atomic E-state index is 0.601. The predicted molar refractivity (Wildman–Crippen MR) is 94.7 cm³/mol. The standard InChI is InChI=1S/C16H14IN3O2/c1-11-6-2-5-9-14(11)19-15(21)16(22)20-18-10-12-7-3-4-8-13(12)17/h2-10H,1H3,(H,19,21)(H,20,22)/b18-10+. The lowest BCUT2D eigenvalue weighted by molar-refractivity contribution is -0.136. The minimum Gasteiger partial charge on any atom is -0.317 e. The Morgan fingerprint density at radius 2 is 1.73 bits per heavy atom. The van der Waals surface area contributed by atoms with E-state index in [-0.39, 0.29) is 0 Å². The number of nitrogens with zero attached hydrogens (tertiary/aromatic N) is 1. The summed E-state index contributed by atoms with van der Waals surface area (Å²) in [5.41, 5.74) is 4.56. The van der Waals surface area contributed by atoms with E-state index >= 15 is 0 Å². The number of aryl methyl sites for hydroxylation is 1. The lowest BCUT2D eigenvalue weighted by Gasteiger charge is -2.06. The van der Waals surface area contributed by atoms with Crippen LogP contribution in [0, 0.1) is 10.5 Å². The number of carbonyl (C=O) groups excluding carboxylic acids is 2. The highest BCUT2D eigenvalue weighted by molar-refractivity contribution is 14.1. The van der Waals surface area contributed by atoms with E-state index in [0.29, 0.717) is 5.69 Å². The number of para-hydroxylation sites is 1. The van der Waals surface area contributed by atoms with Crippen LogP contribution in [-0.2, 0) is 9.59 Å². The molecule has 0 spiro atoms. The molecule has 6 heteroatoms. The number of carbonyl (C=O) groups is 2. The SMILES string of the molecule is Cc1ccccc1NC(=O)C(=O)N/N=C/c1ccccc1I. The van der Waals surface area contributed by atoms with Crippen molar-refractivity contribution in [2.75, 3.05) is 5.32 Å². The summed E-state index contributed by atoms with van der Waals surface area (Å²) in [4.78, 5) is 23.5. The number of amides is 2. The maximum absolute atomic E-state index is 11.8. The van der Waals surface area contributed by atoms with Gasteiger partial charge in [-0.3, -0.25) is 9.59 Å². The van der Waals surface area contributed by atoms with Crippen LogP contribution in [0.15, 0.2) is 53.6 Å². The second-order valence-electron chi connectivity index (χ2n) is 4.49. The van der Waals surface area contributed by atoms with Crippen molar-refractivity contribution in [3.8, 4) is 0 Å². The molecule has 22 heavy (non-hydrogen) atoms. The van der Waals surface area contributed by atoms with Gasteiger partial charge in [-0.25, -0.2) is 5.43 Å². The van der Waals surface area contributed by atoms with Crippen molar-refractivity contribution < 1.29 is 9.59 Å². The Bertz CT molecular complexity index is 729.